The molecular formula is C19H23F3N4O2. The standard InChI is InChI=1S/C19H23F3N4O2/c1-23-17(27)18-24-16(25-28-18)12-26-9-3-5-14(11-26)8-7-13-4-2-6-15(10-13)19(20,21)22/h2,4,6,10,14H,3,5,7-9,11-12H2,1H3,(H,23,27). The number of nitrogens with one attached hydrogen (secondary N) is 1. The average molecular weight is 396 g/mol. The van der Waals surface area contributed by atoms with Gasteiger partial charge < -0.3 is 9.84 Å². The summed E-state index contributed by atoms with van der Waals surface area (Å²) in [6.07, 6.45) is -0.812. The van der Waals surface area contributed by atoms with Crippen molar-refractivity contribution in [3.8, 4) is 0 Å². The quantitative estimate of drug-likeness (QED) is 0.811. The number of hydrogen-bond acceptors (Lipinski definition) is 5. The van der Waals surface area contributed by atoms with Crippen LogP contribution in [-0.4, -0.2) is 41.1 Å². The molecule has 1 fully saturated rings. The third-order valence-corrected chi connectivity index (χ3v) is 4.95. The van der Waals surface area contributed by atoms with E-state index in [1.54, 1.807) is 6.07 Å². The van der Waals surface area contributed by atoms with Crippen molar-refractivity contribution in [2.45, 2.75) is 38.4 Å². The number of amides is 1. The molecule has 9 heteroatoms. The first-order chi connectivity index (χ1) is 13.3. The van der Waals surface area contributed by atoms with E-state index in [9.17, 15) is 18.0 Å². The van der Waals surface area contributed by atoms with Crippen molar-refractivity contribution in [2.75, 3.05) is 20.1 Å². The fourth-order valence-corrected chi connectivity index (χ4v) is 3.52. The van der Waals surface area contributed by atoms with Gasteiger partial charge in [-0.15, -0.1) is 0 Å². The van der Waals surface area contributed by atoms with Crippen molar-refractivity contribution in [1.29, 1.82) is 0 Å². The van der Waals surface area contributed by atoms with Crippen molar-refractivity contribution in [3.63, 3.8) is 0 Å². The third-order valence-electron chi connectivity index (χ3n) is 4.95. The molecule has 1 aliphatic rings. The van der Waals surface area contributed by atoms with Gasteiger partial charge in [-0.05, 0) is 49.8 Å². The van der Waals surface area contributed by atoms with Crippen LogP contribution in [0.5, 0.6) is 0 Å². The minimum absolute atomic E-state index is 0.0596. The molecule has 1 unspecified atom stereocenters. The van der Waals surface area contributed by atoms with Crippen LogP contribution in [0.4, 0.5) is 13.2 Å². The zero-order valence-corrected chi connectivity index (χ0v) is 15.6. The molecule has 2 aromatic rings. The Morgan fingerprint density at radius 2 is 2.21 bits per heavy atom. The van der Waals surface area contributed by atoms with Crippen molar-refractivity contribution in [2.24, 2.45) is 5.92 Å². The van der Waals surface area contributed by atoms with E-state index >= 15 is 0 Å². The van der Waals surface area contributed by atoms with Gasteiger partial charge in [-0.3, -0.25) is 9.69 Å². The van der Waals surface area contributed by atoms with Crippen molar-refractivity contribution < 1.29 is 22.5 Å². The van der Waals surface area contributed by atoms with Crippen LogP contribution < -0.4 is 5.32 Å². The molecule has 152 valence electrons. The molecule has 1 aromatic carbocycles. The Morgan fingerprint density at radius 3 is 2.96 bits per heavy atom. The maximum absolute atomic E-state index is 12.8. The Kier molecular flexibility index (Phi) is 6.33. The molecule has 1 amide bonds. The number of aromatic nitrogens is 2. The Bertz CT molecular complexity index is 806. The van der Waals surface area contributed by atoms with E-state index < -0.39 is 17.6 Å². The smallest absolute Gasteiger partial charge is 0.351 e. The molecule has 0 bridgehead atoms. The van der Waals surface area contributed by atoms with Crippen molar-refractivity contribution in [3.05, 3.63) is 47.1 Å². The largest absolute Gasteiger partial charge is 0.416 e. The lowest BCUT2D eigenvalue weighted by Gasteiger charge is -2.32. The fourth-order valence-electron chi connectivity index (χ4n) is 3.52. The van der Waals surface area contributed by atoms with Gasteiger partial charge >= 0.3 is 18.0 Å². The lowest BCUT2D eigenvalue weighted by molar-refractivity contribution is -0.137. The Labute approximate surface area is 161 Å². The summed E-state index contributed by atoms with van der Waals surface area (Å²) < 4.78 is 43.5. The Hall–Kier alpha value is -2.42. The molecule has 0 aliphatic carbocycles. The lowest BCUT2D eigenvalue weighted by atomic mass is 9.91. The number of carbonyl (C=O) groups excluding carboxylic acids is 1. The summed E-state index contributed by atoms with van der Waals surface area (Å²) in [6, 6.07) is 5.55. The van der Waals surface area contributed by atoms with Gasteiger partial charge in [0.15, 0.2) is 5.82 Å². The Morgan fingerprint density at radius 1 is 1.39 bits per heavy atom. The van der Waals surface area contributed by atoms with Crippen LogP contribution in [-0.2, 0) is 19.1 Å². The molecule has 0 radical (unpaired) electrons. The van der Waals surface area contributed by atoms with Crippen molar-refractivity contribution in [1.82, 2.24) is 20.4 Å². The molecule has 1 atom stereocenters. The number of likely N-dealkylation sites (tertiary alicyclic amines) is 1. The number of benzene rings is 1. The van der Waals surface area contributed by atoms with Gasteiger partial charge in [0.2, 0.25) is 0 Å². The SMILES string of the molecule is CNC(=O)c1nc(CN2CCCC(CCc3cccc(C(F)(F)F)c3)C2)no1. The third kappa shape index (κ3) is 5.31. The second-order valence-electron chi connectivity index (χ2n) is 7.08. The number of alkyl halides is 3. The van der Waals surface area contributed by atoms with Gasteiger partial charge in [0.25, 0.3) is 0 Å². The molecule has 1 N–H and O–H groups in total. The monoisotopic (exact) mass is 396 g/mol. The number of aryl methyl sites for hydroxylation is 1. The lowest BCUT2D eigenvalue weighted by Crippen LogP contribution is -2.35. The van der Waals surface area contributed by atoms with E-state index in [0.29, 0.717) is 30.3 Å². The van der Waals surface area contributed by atoms with Gasteiger partial charge in [-0.1, -0.05) is 23.4 Å². The molecule has 0 saturated carbocycles. The molecule has 0 spiro atoms. The summed E-state index contributed by atoms with van der Waals surface area (Å²) in [7, 11) is 1.49. The van der Waals surface area contributed by atoms with Crippen LogP contribution in [0, 0.1) is 5.92 Å². The normalized spacial score (nSPS) is 18.2. The summed E-state index contributed by atoms with van der Waals surface area (Å²) >= 11 is 0. The topological polar surface area (TPSA) is 71.3 Å². The zero-order valence-electron chi connectivity index (χ0n) is 15.6. The summed E-state index contributed by atoms with van der Waals surface area (Å²) in [5, 5.41) is 6.27. The number of hydrogen-bond donors (Lipinski definition) is 1. The highest BCUT2D eigenvalue weighted by Gasteiger charge is 2.30. The number of rotatable bonds is 6. The molecule has 2 heterocycles. The average Bonchev–Trinajstić information content (AvgIpc) is 3.14. The summed E-state index contributed by atoms with van der Waals surface area (Å²) in [4.78, 5) is 17.8. The number of piperidine rings is 1. The number of carbonyl (C=O) groups is 1. The van der Waals surface area contributed by atoms with E-state index in [0.717, 1.165) is 38.4 Å². The minimum atomic E-state index is -4.31. The van der Waals surface area contributed by atoms with Crippen molar-refractivity contribution >= 4 is 5.91 Å². The summed E-state index contributed by atoms with van der Waals surface area (Å²) in [5.41, 5.74) is 0.111. The van der Waals surface area contributed by atoms with Gasteiger partial charge in [-0.2, -0.15) is 18.2 Å². The van der Waals surface area contributed by atoms with E-state index in [1.807, 2.05) is 0 Å². The Balaban J connectivity index is 1.52. The predicted molar refractivity (Wildman–Crippen MR) is 95.5 cm³/mol. The van der Waals surface area contributed by atoms with Crippen LogP contribution in [0.2, 0.25) is 0 Å². The number of nitrogens with zero attached hydrogens (tertiary/aromatic N) is 3. The molecule has 3 rings (SSSR count). The maximum Gasteiger partial charge on any atom is 0.416 e. The molecule has 1 aliphatic heterocycles. The molecule has 1 saturated heterocycles. The molecule has 28 heavy (non-hydrogen) atoms. The predicted octanol–water partition coefficient (Wildman–Crippen LogP) is 3.29. The van der Waals surface area contributed by atoms with Gasteiger partial charge in [0.1, 0.15) is 0 Å². The second-order valence-corrected chi connectivity index (χ2v) is 7.08. The van der Waals surface area contributed by atoms with Gasteiger partial charge in [-0.25, -0.2) is 0 Å². The summed E-state index contributed by atoms with van der Waals surface area (Å²) in [5.74, 6) is 0.373. The summed E-state index contributed by atoms with van der Waals surface area (Å²) in [6.45, 7) is 2.20. The van der Waals surface area contributed by atoms with Crippen LogP contribution in [0.15, 0.2) is 28.8 Å². The molecule has 6 nitrogen and oxygen atoms in total. The molecular weight excluding hydrogens is 373 g/mol. The van der Waals surface area contributed by atoms with E-state index in [-0.39, 0.29) is 5.89 Å². The van der Waals surface area contributed by atoms with E-state index in [2.05, 4.69) is 20.4 Å². The highest BCUT2D eigenvalue weighted by molar-refractivity contribution is 5.89. The van der Waals surface area contributed by atoms with Crippen LogP contribution in [0.25, 0.3) is 0 Å². The first-order valence-corrected chi connectivity index (χ1v) is 9.28. The minimum Gasteiger partial charge on any atom is -0.351 e. The first kappa shape index (κ1) is 20.3. The van der Waals surface area contributed by atoms with Gasteiger partial charge in [0, 0.05) is 13.6 Å². The fraction of sp³-hybridized carbons (Fsp3) is 0.526. The molecule has 1 aromatic heterocycles. The van der Waals surface area contributed by atoms with E-state index in [4.69, 9.17) is 4.52 Å². The highest BCUT2D eigenvalue weighted by atomic mass is 19.4. The second kappa shape index (κ2) is 8.72. The van der Waals surface area contributed by atoms with Gasteiger partial charge in [0.05, 0.1) is 12.1 Å². The van der Waals surface area contributed by atoms with Crippen LogP contribution in [0.1, 0.15) is 46.9 Å². The number of halogens is 3. The van der Waals surface area contributed by atoms with Crippen LogP contribution in [0.3, 0.4) is 0 Å². The highest BCUT2D eigenvalue weighted by Crippen LogP contribution is 2.30. The first-order valence-electron chi connectivity index (χ1n) is 9.28. The zero-order chi connectivity index (χ0) is 20.1. The van der Waals surface area contributed by atoms with E-state index in [1.165, 1.54) is 19.2 Å². The maximum atomic E-state index is 12.8. The van der Waals surface area contributed by atoms with Crippen LogP contribution >= 0.6 is 0 Å².